The van der Waals surface area contributed by atoms with Crippen molar-refractivity contribution in [1.29, 1.82) is 0 Å². The van der Waals surface area contributed by atoms with Gasteiger partial charge in [0.2, 0.25) is 0 Å². The second-order valence-corrected chi connectivity index (χ2v) is 8.41. The van der Waals surface area contributed by atoms with Gasteiger partial charge < -0.3 is 14.4 Å². The number of hydrogen-bond donors (Lipinski definition) is 0. The van der Waals surface area contributed by atoms with Crippen molar-refractivity contribution in [3.63, 3.8) is 0 Å². The third-order valence-electron chi connectivity index (χ3n) is 6.58. The Balaban J connectivity index is 0.00000102. The molecule has 3 heteroatoms. The molecule has 1 unspecified atom stereocenters. The molecule has 2 atom stereocenters. The molecule has 0 aromatic heterocycles. The zero-order valence-electron chi connectivity index (χ0n) is 17.9. The van der Waals surface area contributed by atoms with Gasteiger partial charge in [0.15, 0.2) is 11.5 Å². The first-order chi connectivity index (χ1) is 13.2. The van der Waals surface area contributed by atoms with Gasteiger partial charge in [-0.2, -0.15) is 0 Å². The highest BCUT2D eigenvalue weighted by atomic mass is 16.5. The maximum Gasteiger partial charge on any atom is 0.161 e. The van der Waals surface area contributed by atoms with E-state index in [-0.39, 0.29) is 0 Å². The van der Waals surface area contributed by atoms with Crippen LogP contribution in [0.25, 0.3) is 0 Å². The van der Waals surface area contributed by atoms with Crippen LogP contribution in [0.3, 0.4) is 0 Å². The molecule has 1 saturated heterocycles. The van der Waals surface area contributed by atoms with Crippen LogP contribution in [0.1, 0.15) is 77.7 Å². The van der Waals surface area contributed by atoms with E-state index in [0.29, 0.717) is 11.5 Å². The van der Waals surface area contributed by atoms with Crippen LogP contribution < -0.4 is 9.47 Å². The molecule has 0 bridgehead atoms. The second kappa shape index (κ2) is 9.32. The molecule has 3 nitrogen and oxygen atoms in total. The minimum absolute atomic E-state index is 0.326. The lowest BCUT2D eigenvalue weighted by Gasteiger charge is -2.42. The largest absolute Gasteiger partial charge is 0.490 e. The Hall–Kier alpha value is -1.22. The van der Waals surface area contributed by atoms with Crippen molar-refractivity contribution in [2.75, 3.05) is 26.8 Å². The maximum atomic E-state index is 6.10. The number of hydrogen-bond acceptors (Lipinski definition) is 3. The van der Waals surface area contributed by atoms with Gasteiger partial charge in [0.05, 0.1) is 13.2 Å². The summed E-state index contributed by atoms with van der Waals surface area (Å²) in [7, 11) is 2.30. The van der Waals surface area contributed by atoms with Crippen LogP contribution in [0.5, 0.6) is 11.5 Å². The Morgan fingerprint density at radius 3 is 2.59 bits per heavy atom. The minimum Gasteiger partial charge on any atom is -0.490 e. The fraction of sp³-hybridized carbons (Fsp3) is 0.750. The summed E-state index contributed by atoms with van der Waals surface area (Å²) >= 11 is 0. The van der Waals surface area contributed by atoms with Gasteiger partial charge in [0.1, 0.15) is 0 Å². The molecular formula is C24H39NO2. The van der Waals surface area contributed by atoms with Gasteiger partial charge in [0.25, 0.3) is 0 Å². The molecule has 1 aliphatic heterocycles. The smallest absolute Gasteiger partial charge is 0.161 e. The van der Waals surface area contributed by atoms with E-state index in [1.54, 1.807) is 0 Å². The van der Waals surface area contributed by atoms with E-state index in [4.69, 9.17) is 9.47 Å². The highest BCUT2D eigenvalue weighted by Gasteiger charge is 2.48. The molecule has 2 aliphatic carbocycles. The van der Waals surface area contributed by atoms with Crippen molar-refractivity contribution in [3.05, 3.63) is 23.8 Å². The van der Waals surface area contributed by atoms with E-state index in [1.807, 2.05) is 13.8 Å². The summed E-state index contributed by atoms with van der Waals surface area (Å²) in [5, 5.41) is 0. The van der Waals surface area contributed by atoms with E-state index in [1.165, 1.54) is 57.1 Å². The van der Waals surface area contributed by atoms with Crippen molar-refractivity contribution < 1.29 is 9.47 Å². The Morgan fingerprint density at radius 2 is 1.85 bits per heavy atom. The summed E-state index contributed by atoms with van der Waals surface area (Å²) in [6.07, 6.45) is 10.3. The van der Waals surface area contributed by atoms with Crippen LogP contribution in [-0.4, -0.2) is 37.7 Å². The molecule has 0 spiro atoms. The summed E-state index contributed by atoms with van der Waals surface area (Å²) in [5.74, 6) is 2.68. The van der Waals surface area contributed by atoms with Crippen molar-refractivity contribution in [1.82, 2.24) is 4.90 Å². The molecule has 4 rings (SSSR count). The molecule has 0 radical (unpaired) electrons. The standard InChI is InChI=1S/C22H33NO2.C2H6/c1-3-14-24-20-15-18(9-10-19(20)25-16-17-7-8-17)22-11-5-4-6-21(22)23(2)13-12-22;1-2/h9-10,15,17,21H,3-8,11-14,16H2,1-2H3;1-2H3/t21?,22-;/m0./s1. The van der Waals surface area contributed by atoms with Crippen LogP contribution in [0.15, 0.2) is 18.2 Å². The average molecular weight is 374 g/mol. The van der Waals surface area contributed by atoms with E-state index in [0.717, 1.165) is 37.1 Å². The molecule has 1 aromatic rings. The predicted molar refractivity (Wildman–Crippen MR) is 113 cm³/mol. The molecule has 2 saturated carbocycles. The number of rotatable bonds is 7. The van der Waals surface area contributed by atoms with Gasteiger partial charge in [-0.1, -0.05) is 39.7 Å². The van der Waals surface area contributed by atoms with Crippen LogP contribution in [0.4, 0.5) is 0 Å². The summed E-state index contributed by atoms with van der Waals surface area (Å²) in [6, 6.07) is 7.52. The van der Waals surface area contributed by atoms with Gasteiger partial charge in [0, 0.05) is 11.5 Å². The normalized spacial score (nSPS) is 27.5. The Bertz CT molecular complexity index is 594. The third kappa shape index (κ3) is 4.45. The van der Waals surface area contributed by atoms with Gasteiger partial charge in [-0.15, -0.1) is 0 Å². The number of likely N-dealkylation sites (tertiary alicyclic amines) is 1. The molecule has 3 fully saturated rings. The second-order valence-electron chi connectivity index (χ2n) is 8.41. The predicted octanol–water partition coefficient (Wildman–Crippen LogP) is 5.81. The number of benzene rings is 1. The quantitative estimate of drug-likeness (QED) is 0.602. The molecule has 1 aromatic carbocycles. The van der Waals surface area contributed by atoms with Crippen LogP contribution in [-0.2, 0) is 5.41 Å². The molecule has 0 amide bonds. The zero-order chi connectivity index (χ0) is 19.3. The van der Waals surface area contributed by atoms with Crippen molar-refractivity contribution in [2.24, 2.45) is 5.92 Å². The fourth-order valence-corrected chi connectivity index (χ4v) is 4.92. The van der Waals surface area contributed by atoms with Crippen molar-refractivity contribution in [2.45, 2.75) is 83.6 Å². The first-order valence-corrected chi connectivity index (χ1v) is 11.3. The van der Waals surface area contributed by atoms with Gasteiger partial charge in [-0.3, -0.25) is 0 Å². The van der Waals surface area contributed by atoms with E-state index >= 15 is 0 Å². The lowest BCUT2D eigenvalue weighted by molar-refractivity contribution is 0.181. The van der Waals surface area contributed by atoms with Crippen molar-refractivity contribution in [3.8, 4) is 11.5 Å². The number of ether oxygens (including phenoxy) is 2. The first kappa shape index (κ1) is 20.5. The molecule has 27 heavy (non-hydrogen) atoms. The van der Waals surface area contributed by atoms with Gasteiger partial charge >= 0.3 is 0 Å². The lowest BCUT2D eigenvalue weighted by atomic mass is 9.66. The summed E-state index contributed by atoms with van der Waals surface area (Å²) in [4.78, 5) is 2.59. The average Bonchev–Trinajstić information content (AvgIpc) is 3.49. The monoisotopic (exact) mass is 373 g/mol. The van der Waals surface area contributed by atoms with Crippen LogP contribution >= 0.6 is 0 Å². The number of likely N-dealkylation sites (N-methyl/N-ethyl adjacent to an activating group) is 1. The Labute approximate surface area is 166 Å². The van der Waals surface area contributed by atoms with Gasteiger partial charge in [-0.25, -0.2) is 0 Å². The maximum absolute atomic E-state index is 6.10. The number of nitrogens with zero attached hydrogens (tertiary/aromatic N) is 1. The summed E-state index contributed by atoms with van der Waals surface area (Å²) in [6.45, 7) is 8.99. The Morgan fingerprint density at radius 1 is 1.04 bits per heavy atom. The van der Waals surface area contributed by atoms with Gasteiger partial charge in [-0.05, 0) is 75.7 Å². The minimum atomic E-state index is 0.326. The third-order valence-corrected chi connectivity index (χ3v) is 6.58. The molecule has 152 valence electrons. The fourth-order valence-electron chi connectivity index (χ4n) is 4.92. The molecule has 3 aliphatic rings. The summed E-state index contributed by atoms with van der Waals surface area (Å²) < 4.78 is 12.2. The molecule has 1 heterocycles. The van der Waals surface area contributed by atoms with Crippen LogP contribution in [0.2, 0.25) is 0 Å². The van der Waals surface area contributed by atoms with E-state index < -0.39 is 0 Å². The van der Waals surface area contributed by atoms with E-state index in [2.05, 4.69) is 37.1 Å². The van der Waals surface area contributed by atoms with E-state index in [9.17, 15) is 0 Å². The first-order valence-electron chi connectivity index (χ1n) is 11.3. The Kier molecular flexibility index (Phi) is 7.08. The SMILES string of the molecule is CC.CCCOc1cc([C@@]23CCCCC2N(C)CC3)ccc1OCC1CC1. The molecule has 0 N–H and O–H groups in total. The number of fused-ring (bicyclic) bond motifs is 1. The highest BCUT2D eigenvalue weighted by molar-refractivity contribution is 5.46. The molecular weight excluding hydrogens is 334 g/mol. The lowest BCUT2D eigenvalue weighted by Crippen LogP contribution is -2.43. The van der Waals surface area contributed by atoms with Crippen LogP contribution in [0, 0.1) is 5.92 Å². The highest BCUT2D eigenvalue weighted by Crippen LogP contribution is 2.49. The van der Waals surface area contributed by atoms with Crippen molar-refractivity contribution >= 4 is 0 Å². The summed E-state index contributed by atoms with van der Waals surface area (Å²) in [5.41, 5.74) is 1.80. The topological polar surface area (TPSA) is 21.7 Å². The zero-order valence-corrected chi connectivity index (χ0v) is 17.9.